The minimum atomic E-state index is -0.233. The van der Waals surface area contributed by atoms with Crippen LogP contribution in [0.3, 0.4) is 0 Å². The van der Waals surface area contributed by atoms with Crippen molar-refractivity contribution in [3.63, 3.8) is 0 Å². The molecule has 0 aliphatic heterocycles. The fourth-order valence-corrected chi connectivity index (χ4v) is 2.53. The van der Waals surface area contributed by atoms with E-state index in [0.29, 0.717) is 11.3 Å². The molecule has 0 aliphatic rings. The van der Waals surface area contributed by atoms with Gasteiger partial charge >= 0.3 is 0 Å². The Balaban J connectivity index is 1.61. The second kappa shape index (κ2) is 5.62. The third-order valence-corrected chi connectivity index (χ3v) is 3.76. The maximum absolute atomic E-state index is 12.5. The molecule has 1 N–H and O–H groups in total. The lowest BCUT2D eigenvalue weighted by atomic mass is 10.2. The van der Waals surface area contributed by atoms with Crippen molar-refractivity contribution in [1.29, 1.82) is 0 Å². The summed E-state index contributed by atoms with van der Waals surface area (Å²) in [6, 6.07) is 11.5. The van der Waals surface area contributed by atoms with Gasteiger partial charge < -0.3 is 5.32 Å². The van der Waals surface area contributed by atoms with Gasteiger partial charge in [0.25, 0.3) is 5.91 Å². The minimum absolute atomic E-state index is 0.233. The van der Waals surface area contributed by atoms with E-state index in [-0.39, 0.29) is 5.91 Å². The molecule has 0 saturated carbocycles. The molecule has 0 atom stereocenters. The van der Waals surface area contributed by atoms with Crippen molar-refractivity contribution in [2.75, 3.05) is 5.32 Å². The lowest BCUT2D eigenvalue weighted by Gasteiger charge is -2.06. The Morgan fingerprint density at radius 1 is 1.08 bits per heavy atom. The van der Waals surface area contributed by atoms with Gasteiger partial charge in [0.15, 0.2) is 5.65 Å². The van der Waals surface area contributed by atoms with Crippen LogP contribution in [-0.4, -0.2) is 30.3 Å². The van der Waals surface area contributed by atoms with Crippen molar-refractivity contribution >= 4 is 17.2 Å². The number of carbonyl (C=O) groups excluding carboxylic acids is 1. The SMILES string of the molecule is Cc1c(C(=O)Nc2cnc3ccnn3c2)cnn1-c1ccccc1. The number of benzene rings is 1. The predicted molar refractivity (Wildman–Crippen MR) is 89.2 cm³/mol. The first kappa shape index (κ1) is 14.1. The number of hydrogen-bond acceptors (Lipinski definition) is 4. The van der Waals surface area contributed by atoms with Gasteiger partial charge in [-0.15, -0.1) is 0 Å². The van der Waals surface area contributed by atoms with E-state index in [0.717, 1.165) is 17.0 Å². The second-order valence-corrected chi connectivity index (χ2v) is 5.32. The Morgan fingerprint density at radius 3 is 2.75 bits per heavy atom. The van der Waals surface area contributed by atoms with Crippen molar-refractivity contribution in [3.8, 4) is 5.69 Å². The van der Waals surface area contributed by atoms with E-state index in [9.17, 15) is 4.79 Å². The van der Waals surface area contributed by atoms with Crippen molar-refractivity contribution < 1.29 is 4.79 Å². The molecule has 0 unspecified atom stereocenters. The van der Waals surface area contributed by atoms with Gasteiger partial charge in [-0.2, -0.15) is 10.2 Å². The Kier molecular flexibility index (Phi) is 3.31. The summed E-state index contributed by atoms with van der Waals surface area (Å²) < 4.78 is 3.35. The third-order valence-electron chi connectivity index (χ3n) is 3.76. The Hall–Kier alpha value is -3.48. The van der Waals surface area contributed by atoms with Gasteiger partial charge in [0.05, 0.1) is 47.4 Å². The average molecular weight is 318 g/mol. The molecule has 0 spiro atoms. The highest BCUT2D eigenvalue weighted by molar-refractivity contribution is 6.04. The van der Waals surface area contributed by atoms with E-state index in [2.05, 4.69) is 20.5 Å². The molecule has 1 amide bonds. The Bertz CT molecular complexity index is 1020. The summed E-state index contributed by atoms with van der Waals surface area (Å²) in [5.74, 6) is -0.233. The summed E-state index contributed by atoms with van der Waals surface area (Å²) in [5, 5.41) is 11.3. The molecule has 0 bridgehead atoms. The number of para-hydroxylation sites is 1. The second-order valence-electron chi connectivity index (χ2n) is 5.32. The van der Waals surface area contributed by atoms with Gasteiger partial charge in [0, 0.05) is 6.07 Å². The van der Waals surface area contributed by atoms with Gasteiger partial charge in [-0.1, -0.05) is 18.2 Å². The lowest BCUT2D eigenvalue weighted by molar-refractivity contribution is 0.102. The first-order valence-corrected chi connectivity index (χ1v) is 7.43. The van der Waals surface area contributed by atoms with E-state index in [4.69, 9.17) is 0 Å². The van der Waals surface area contributed by atoms with Gasteiger partial charge in [-0.05, 0) is 19.1 Å². The number of rotatable bonds is 3. The highest BCUT2D eigenvalue weighted by Gasteiger charge is 2.15. The van der Waals surface area contributed by atoms with Crippen LogP contribution < -0.4 is 5.32 Å². The molecule has 0 fully saturated rings. The van der Waals surface area contributed by atoms with E-state index in [1.54, 1.807) is 40.1 Å². The quantitative estimate of drug-likeness (QED) is 0.629. The molecule has 1 aromatic carbocycles. The number of aromatic nitrogens is 5. The molecule has 24 heavy (non-hydrogen) atoms. The molecule has 4 aromatic rings. The zero-order chi connectivity index (χ0) is 16.5. The van der Waals surface area contributed by atoms with Gasteiger partial charge in [0.2, 0.25) is 0 Å². The molecule has 0 aliphatic carbocycles. The topological polar surface area (TPSA) is 77.1 Å². The number of carbonyl (C=O) groups is 1. The smallest absolute Gasteiger partial charge is 0.259 e. The number of amides is 1. The van der Waals surface area contributed by atoms with Crippen molar-refractivity contribution in [2.24, 2.45) is 0 Å². The van der Waals surface area contributed by atoms with Gasteiger partial charge in [-0.3, -0.25) is 4.79 Å². The van der Waals surface area contributed by atoms with Crippen LogP contribution in [0.4, 0.5) is 5.69 Å². The van der Waals surface area contributed by atoms with Gasteiger partial charge in [0.1, 0.15) is 0 Å². The van der Waals surface area contributed by atoms with E-state index in [1.165, 1.54) is 0 Å². The molecule has 7 heteroatoms. The Labute approximate surface area is 137 Å². The summed E-state index contributed by atoms with van der Waals surface area (Å²) in [5.41, 5.74) is 3.49. The molecule has 3 heterocycles. The number of anilines is 1. The molecule has 0 saturated heterocycles. The fraction of sp³-hybridized carbons (Fsp3) is 0.0588. The van der Waals surface area contributed by atoms with Crippen LogP contribution in [0.15, 0.2) is 61.2 Å². The van der Waals surface area contributed by atoms with E-state index >= 15 is 0 Å². The molecule has 118 valence electrons. The van der Waals surface area contributed by atoms with Crippen LogP contribution in [0.1, 0.15) is 16.1 Å². The number of fused-ring (bicyclic) bond motifs is 1. The Morgan fingerprint density at radius 2 is 1.92 bits per heavy atom. The molecule has 3 aromatic heterocycles. The number of nitrogens with one attached hydrogen (secondary N) is 1. The van der Waals surface area contributed by atoms with Gasteiger partial charge in [-0.25, -0.2) is 14.2 Å². The first-order chi connectivity index (χ1) is 11.7. The van der Waals surface area contributed by atoms with E-state index < -0.39 is 0 Å². The maximum atomic E-state index is 12.5. The first-order valence-electron chi connectivity index (χ1n) is 7.43. The van der Waals surface area contributed by atoms with Crippen LogP contribution in [0, 0.1) is 6.92 Å². The van der Waals surface area contributed by atoms with Crippen molar-refractivity contribution in [1.82, 2.24) is 24.4 Å². The van der Waals surface area contributed by atoms with Crippen LogP contribution in [0.2, 0.25) is 0 Å². The van der Waals surface area contributed by atoms with E-state index in [1.807, 2.05) is 37.3 Å². The number of nitrogens with zero attached hydrogens (tertiary/aromatic N) is 5. The van der Waals surface area contributed by atoms with Crippen molar-refractivity contribution in [2.45, 2.75) is 6.92 Å². The maximum Gasteiger partial charge on any atom is 0.259 e. The van der Waals surface area contributed by atoms with Crippen molar-refractivity contribution in [3.05, 3.63) is 72.4 Å². The third kappa shape index (κ3) is 2.41. The molecule has 4 rings (SSSR count). The summed E-state index contributed by atoms with van der Waals surface area (Å²) in [4.78, 5) is 16.8. The standard InChI is InChI=1S/C17H14N6O/c1-12-15(10-20-23(12)14-5-3-2-4-6-14)17(24)21-13-9-18-16-7-8-19-22(16)11-13/h2-11H,1H3,(H,21,24). The zero-order valence-corrected chi connectivity index (χ0v) is 12.9. The summed E-state index contributed by atoms with van der Waals surface area (Å²) in [7, 11) is 0. The molecular weight excluding hydrogens is 304 g/mol. The summed E-state index contributed by atoms with van der Waals surface area (Å²) in [6.07, 6.45) is 6.54. The molecule has 0 radical (unpaired) electrons. The largest absolute Gasteiger partial charge is 0.319 e. The zero-order valence-electron chi connectivity index (χ0n) is 12.9. The molecule has 7 nitrogen and oxygen atoms in total. The lowest BCUT2D eigenvalue weighted by Crippen LogP contribution is -2.14. The summed E-state index contributed by atoms with van der Waals surface area (Å²) in [6.45, 7) is 1.86. The average Bonchev–Trinajstić information content (AvgIpc) is 3.21. The van der Waals surface area contributed by atoms with Crippen LogP contribution in [0.5, 0.6) is 0 Å². The highest BCUT2D eigenvalue weighted by Crippen LogP contribution is 2.16. The van der Waals surface area contributed by atoms with Crippen LogP contribution >= 0.6 is 0 Å². The summed E-state index contributed by atoms with van der Waals surface area (Å²) >= 11 is 0. The monoisotopic (exact) mass is 318 g/mol. The number of hydrogen-bond donors (Lipinski definition) is 1. The minimum Gasteiger partial charge on any atom is -0.319 e. The predicted octanol–water partition coefficient (Wildman–Crippen LogP) is 2.48. The molecular formula is C17H14N6O. The highest BCUT2D eigenvalue weighted by atomic mass is 16.1. The van der Waals surface area contributed by atoms with Crippen LogP contribution in [-0.2, 0) is 0 Å². The fourth-order valence-electron chi connectivity index (χ4n) is 2.53. The van der Waals surface area contributed by atoms with Crippen LogP contribution in [0.25, 0.3) is 11.3 Å². The normalized spacial score (nSPS) is 10.9.